The molecule has 0 amide bonds. The Bertz CT molecular complexity index is 295. The number of nitrogens with zero attached hydrogens (tertiary/aromatic N) is 1. The molecule has 0 rings (SSSR count). The monoisotopic (exact) mass is 357 g/mol. The van der Waals surface area contributed by atoms with Gasteiger partial charge in [-0.25, -0.2) is 0 Å². The van der Waals surface area contributed by atoms with Crippen molar-refractivity contribution in [2.45, 2.75) is 96.4 Å². The highest BCUT2D eigenvalue weighted by Gasteiger charge is 2.23. The lowest BCUT2D eigenvalue weighted by molar-refractivity contribution is -0.143. The normalized spacial score (nSPS) is 12.6. The fraction of sp³-hybridized carbons (Fsp3) is 0.950. The number of hydrogen-bond acceptors (Lipinski definition) is 4. The van der Waals surface area contributed by atoms with Crippen LogP contribution in [0, 0.1) is 0 Å². The minimum atomic E-state index is -0.745. The van der Waals surface area contributed by atoms with Crippen molar-refractivity contribution < 1.29 is 9.90 Å². The van der Waals surface area contributed by atoms with Gasteiger partial charge in [-0.05, 0) is 6.42 Å². The van der Waals surface area contributed by atoms with E-state index < -0.39 is 12.0 Å². The minimum absolute atomic E-state index is 0.435. The SMILES string of the molecule is CCCCCCCCCCCCCCC(C(=O)O)N(CCN)CCN. The molecule has 1 unspecified atom stereocenters. The van der Waals surface area contributed by atoms with Gasteiger partial charge in [-0.3, -0.25) is 9.69 Å². The quantitative estimate of drug-likeness (QED) is 0.306. The topological polar surface area (TPSA) is 92.6 Å². The van der Waals surface area contributed by atoms with Crippen LogP contribution in [0.4, 0.5) is 0 Å². The van der Waals surface area contributed by atoms with Crippen LogP contribution in [-0.4, -0.2) is 48.2 Å². The van der Waals surface area contributed by atoms with Gasteiger partial charge < -0.3 is 16.6 Å². The van der Waals surface area contributed by atoms with Crippen LogP contribution in [0.2, 0.25) is 0 Å². The van der Waals surface area contributed by atoms with Crippen LogP contribution >= 0.6 is 0 Å². The van der Waals surface area contributed by atoms with Crippen LogP contribution in [0.25, 0.3) is 0 Å². The van der Waals surface area contributed by atoms with Gasteiger partial charge in [-0.1, -0.05) is 84.0 Å². The number of hydrogen-bond donors (Lipinski definition) is 3. The highest BCUT2D eigenvalue weighted by Crippen LogP contribution is 2.14. The van der Waals surface area contributed by atoms with Gasteiger partial charge in [0.2, 0.25) is 0 Å². The van der Waals surface area contributed by atoms with Crippen molar-refractivity contribution in [1.29, 1.82) is 0 Å². The summed E-state index contributed by atoms with van der Waals surface area (Å²) in [7, 11) is 0. The Morgan fingerprint density at radius 3 is 1.56 bits per heavy atom. The van der Waals surface area contributed by atoms with Crippen LogP contribution in [0.15, 0.2) is 0 Å². The second-order valence-electron chi connectivity index (χ2n) is 7.15. The molecule has 0 aliphatic rings. The Labute approximate surface area is 155 Å². The first-order chi connectivity index (χ1) is 12.2. The van der Waals surface area contributed by atoms with Crippen molar-refractivity contribution in [3.8, 4) is 0 Å². The molecule has 0 aromatic carbocycles. The molecule has 0 aliphatic heterocycles. The van der Waals surface area contributed by atoms with Crippen molar-refractivity contribution in [3.63, 3.8) is 0 Å². The number of carboxylic acid groups (broad SMARTS) is 1. The molecule has 0 fully saturated rings. The summed E-state index contributed by atoms with van der Waals surface area (Å²) >= 11 is 0. The summed E-state index contributed by atoms with van der Waals surface area (Å²) in [6, 6.07) is -0.435. The van der Waals surface area contributed by atoms with Crippen LogP contribution in [-0.2, 0) is 4.79 Å². The summed E-state index contributed by atoms with van der Waals surface area (Å²) in [5.41, 5.74) is 11.2. The molecular formula is C20H43N3O2. The van der Waals surface area contributed by atoms with E-state index in [1.807, 2.05) is 4.90 Å². The van der Waals surface area contributed by atoms with Gasteiger partial charge >= 0.3 is 5.97 Å². The van der Waals surface area contributed by atoms with Crippen LogP contribution < -0.4 is 11.5 Å². The predicted molar refractivity (Wildman–Crippen MR) is 107 cm³/mol. The van der Waals surface area contributed by atoms with Gasteiger partial charge in [-0.2, -0.15) is 0 Å². The fourth-order valence-corrected chi connectivity index (χ4v) is 3.40. The Hall–Kier alpha value is -0.650. The van der Waals surface area contributed by atoms with E-state index in [4.69, 9.17) is 11.5 Å². The van der Waals surface area contributed by atoms with E-state index in [1.165, 1.54) is 64.2 Å². The van der Waals surface area contributed by atoms with E-state index in [0.29, 0.717) is 32.6 Å². The number of nitrogens with two attached hydrogens (primary N) is 2. The maximum absolute atomic E-state index is 11.5. The number of carbonyl (C=O) groups is 1. The molecule has 5 nitrogen and oxygen atoms in total. The number of aliphatic carboxylic acids is 1. The Morgan fingerprint density at radius 2 is 1.20 bits per heavy atom. The van der Waals surface area contributed by atoms with E-state index in [1.54, 1.807) is 0 Å². The third-order valence-electron chi connectivity index (χ3n) is 4.89. The van der Waals surface area contributed by atoms with E-state index >= 15 is 0 Å². The molecule has 0 aromatic heterocycles. The largest absolute Gasteiger partial charge is 0.480 e. The number of rotatable bonds is 19. The van der Waals surface area contributed by atoms with Crippen LogP contribution in [0.3, 0.4) is 0 Å². The summed E-state index contributed by atoms with van der Waals surface area (Å²) in [6.45, 7) is 4.41. The summed E-state index contributed by atoms with van der Waals surface area (Å²) in [5, 5.41) is 9.45. The standard InChI is InChI=1S/C20H43N3O2/c1-2-3-4-5-6-7-8-9-10-11-12-13-14-19(20(24)25)23(17-15-21)18-16-22/h19H,2-18,21-22H2,1H3,(H,24,25). The smallest absolute Gasteiger partial charge is 0.320 e. The van der Waals surface area contributed by atoms with E-state index in [2.05, 4.69) is 6.92 Å². The maximum atomic E-state index is 11.5. The Kier molecular flexibility index (Phi) is 17.7. The second kappa shape index (κ2) is 18.2. The molecular weight excluding hydrogens is 314 g/mol. The number of unbranched alkanes of at least 4 members (excludes halogenated alkanes) is 11. The van der Waals surface area contributed by atoms with Crippen molar-refractivity contribution in [3.05, 3.63) is 0 Å². The molecule has 25 heavy (non-hydrogen) atoms. The third-order valence-corrected chi connectivity index (χ3v) is 4.89. The van der Waals surface area contributed by atoms with Gasteiger partial charge in [0.15, 0.2) is 0 Å². The van der Waals surface area contributed by atoms with Gasteiger partial charge in [0, 0.05) is 26.2 Å². The zero-order valence-corrected chi connectivity index (χ0v) is 16.6. The second-order valence-corrected chi connectivity index (χ2v) is 7.15. The first-order valence-electron chi connectivity index (χ1n) is 10.5. The van der Waals surface area contributed by atoms with Gasteiger partial charge in [-0.15, -0.1) is 0 Å². The molecule has 150 valence electrons. The zero-order chi connectivity index (χ0) is 18.8. The van der Waals surface area contributed by atoms with Gasteiger partial charge in [0.05, 0.1) is 0 Å². The summed E-state index contributed by atoms with van der Waals surface area (Å²) in [4.78, 5) is 13.4. The van der Waals surface area contributed by atoms with Crippen molar-refractivity contribution in [2.24, 2.45) is 11.5 Å². The summed E-state index contributed by atoms with van der Waals surface area (Å²) in [5.74, 6) is -0.745. The van der Waals surface area contributed by atoms with E-state index in [9.17, 15) is 9.90 Å². The van der Waals surface area contributed by atoms with Crippen molar-refractivity contribution >= 4 is 5.97 Å². The van der Waals surface area contributed by atoms with E-state index in [-0.39, 0.29) is 0 Å². The summed E-state index contributed by atoms with van der Waals surface area (Å²) in [6.07, 6.45) is 16.2. The first-order valence-corrected chi connectivity index (χ1v) is 10.5. The summed E-state index contributed by atoms with van der Waals surface area (Å²) < 4.78 is 0. The lowest BCUT2D eigenvalue weighted by Gasteiger charge is -2.27. The average molecular weight is 358 g/mol. The van der Waals surface area contributed by atoms with Crippen molar-refractivity contribution in [2.75, 3.05) is 26.2 Å². The predicted octanol–water partition coefficient (Wildman–Crippen LogP) is 3.75. The molecule has 0 aliphatic carbocycles. The van der Waals surface area contributed by atoms with Gasteiger partial charge in [0.25, 0.3) is 0 Å². The molecule has 0 saturated carbocycles. The molecule has 1 atom stereocenters. The zero-order valence-electron chi connectivity index (χ0n) is 16.6. The first kappa shape index (κ1) is 24.4. The fourth-order valence-electron chi connectivity index (χ4n) is 3.40. The van der Waals surface area contributed by atoms with Gasteiger partial charge in [0.1, 0.15) is 6.04 Å². The van der Waals surface area contributed by atoms with Crippen LogP contribution in [0.1, 0.15) is 90.4 Å². The third kappa shape index (κ3) is 14.2. The molecule has 0 bridgehead atoms. The molecule has 5 N–H and O–H groups in total. The van der Waals surface area contributed by atoms with Crippen molar-refractivity contribution in [1.82, 2.24) is 4.90 Å². The van der Waals surface area contributed by atoms with E-state index in [0.717, 1.165) is 12.8 Å². The molecule has 0 heterocycles. The molecule has 5 heteroatoms. The highest BCUT2D eigenvalue weighted by atomic mass is 16.4. The lowest BCUT2D eigenvalue weighted by Crippen LogP contribution is -2.46. The average Bonchev–Trinajstić information content (AvgIpc) is 2.59. The molecule has 0 spiro atoms. The number of carboxylic acids is 1. The molecule has 0 aromatic rings. The van der Waals surface area contributed by atoms with Crippen LogP contribution in [0.5, 0.6) is 0 Å². The Morgan fingerprint density at radius 1 is 0.800 bits per heavy atom. The lowest BCUT2D eigenvalue weighted by atomic mass is 10.0. The molecule has 0 radical (unpaired) electrons. The Balaban J connectivity index is 3.67. The highest BCUT2D eigenvalue weighted by molar-refractivity contribution is 5.73. The minimum Gasteiger partial charge on any atom is -0.480 e. The maximum Gasteiger partial charge on any atom is 0.320 e. The molecule has 0 saturated heterocycles.